The van der Waals surface area contributed by atoms with E-state index in [1.54, 1.807) is 0 Å². The summed E-state index contributed by atoms with van der Waals surface area (Å²) in [6, 6.07) is 0. The van der Waals surface area contributed by atoms with Gasteiger partial charge < -0.3 is 0 Å². The lowest BCUT2D eigenvalue weighted by molar-refractivity contribution is 0.392. The summed E-state index contributed by atoms with van der Waals surface area (Å²) in [6.07, 6.45) is 5.32. The molecule has 0 heterocycles. The fourth-order valence-corrected chi connectivity index (χ4v) is 1.55. The number of hydrogen-bond acceptors (Lipinski definition) is 0. The third-order valence-corrected chi connectivity index (χ3v) is 2.66. The van der Waals surface area contributed by atoms with Crippen molar-refractivity contribution in [2.24, 2.45) is 5.92 Å². The van der Waals surface area contributed by atoms with Crippen LogP contribution in [0.2, 0.25) is 0 Å². The molecule has 8 heavy (non-hydrogen) atoms. The molecule has 0 saturated heterocycles. The smallest absolute Gasteiger partial charge is 0.0361 e. The Morgan fingerprint density at radius 2 is 1.88 bits per heavy atom. The van der Waals surface area contributed by atoms with Crippen LogP contribution in [0.25, 0.3) is 0 Å². The van der Waals surface area contributed by atoms with Crippen molar-refractivity contribution in [1.29, 1.82) is 0 Å². The van der Waals surface area contributed by atoms with Crippen molar-refractivity contribution in [2.75, 3.05) is 0 Å². The topological polar surface area (TPSA) is 0 Å². The summed E-state index contributed by atoms with van der Waals surface area (Å²) in [6.45, 7) is 2.25. The zero-order chi connectivity index (χ0) is 5.98. The third kappa shape index (κ3) is 1.38. The van der Waals surface area contributed by atoms with Gasteiger partial charge in [-0.1, -0.05) is 19.8 Å². The van der Waals surface area contributed by atoms with E-state index in [-0.39, 0.29) is 0 Å². The van der Waals surface area contributed by atoms with E-state index in [0.29, 0.717) is 5.38 Å². The van der Waals surface area contributed by atoms with Gasteiger partial charge in [0.15, 0.2) is 0 Å². The molecule has 0 aromatic carbocycles. The van der Waals surface area contributed by atoms with E-state index in [1.807, 2.05) is 0 Å². The van der Waals surface area contributed by atoms with Crippen molar-refractivity contribution in [1.82, 2.24) is 0 Å². The normalized spacial score (nSPS) is 39.8. The van der Waals surface area contributed by atoms with E-state index in [1.165, 1.54) is 25.7 Å². The maximum absolute atomic E-state index is 5.97. The van der Waals surface area contributed by atoms with Crippen molar-refractivity contribution in [3.63, 3.8) is 0 Å². The Kier molecular flexibility index (Phi) is 2.18. The monoisotopic (exact) mass is 132 g/mol. The molecule has 0 aromatic heterocycles. The molecule has 1 heteroatoms. The minimum absolute atomic E-state index is 0.476. The van der Waals surface area contributed by atoms with Crippen LogP contribution >= 0.6 is 11.6 Å². The molecule has 1 aliphatic carbocycles. The Bertz CT molecular complexity index is 60.8. The van der Waals surface area contributed by atoms with Gasteiger partial charge in [0.1, 0.15) is 0 Å². The lowest BCUT2D eigenvalue weighted by atomic mass is 9.90. The van der Waals surface area contributed by atoms with Gasteiger partial charge in [-0.25, -0.2) is 0 Å². The van der Waals surface area contributed by atoms with Gasteiger partial charge in [-0.3, -0.25) is 0 Å². The van der Waals surface area contributed by atoms with Crippen molar-refractivity contribution in [3.05, 3.63) is 0 Å². The Hall–Kier alpha value is 0.290. The maximum atomic E-state index is 5.97. The Labute approximate surface area is 56.2 Å². The van der Waals surface area contributed by atoms with Gasteiger partial charge in [0.2, 0.25) is 0 Å². The van der Waals surface area contributed by atoms with E-state index in [4.69, 9.17) is 11.6 Å². The van der Waals surface area contributed by atoms with Gasteiger partial charge >= 0.3 is 0 Å². The predicted molar refractivity (Wildman–Crippen MR) is 37.3 cm³/mol. The molecule has 0 unspecified atom stereocenters. The standard InChI is InChI=1S/C7H13Cl/c1-6-4-2-3-5-7(6)8/h6-7H,2-5H2,1H3/t6-,7-/m1/s1. The summed E-state index contributed by atoms with van der Waals surface area (Å²) < 4.78 is 0. The highest BCUT2D eigenvalue weighted by Crippen LogP contribution is 2.27. The molecular formula is C7H13Cl. The number of hydrogen-bond donors (Lipinski definition) is 0. The molecule has 0 N–H and O–H groups in total. The van der Waals surface area contributed by atoms with Crippen molar-refractivity contribution in [3.8, 4) is 0 Å². The first-order chi connectivity index (χ1) is 3.80. The van der Waals surface area contributed by atoms with Crippen LogP contribution in [0, 0.1) is 5.92 Å². The highest BCUT2D eigenvalue weighted by Gasteiger charge is 2.17. The first-order valence-corrected chi connectivity index (χ1v) is 3.88. The summed E-state index contributed by atoms with van der Waals surface area (Å²) in [4.78, 5) is 0. The average Bonchev–Trinajstić information content (AvgIpc) is 1.77. The van der Waals surface area contributed by atoms with Crippen LogP contribution < -0.4 is 0 Å². The van der Waals surface area contributed by atoms with E-state index in [9.17, 15) is 0 Å². The van der Waals surface area contributed by atoms with Crippen LogP contribution in [-0.4, -0.2) is 5.38 Å². The van der Waals surface area contributed by atoms with Gasteiger partial charge in [0.05, 0.1) is 0 Å². The second-order valence-corrected chi connectivity index (χ2v) is 3.34. The van der Waals surface area contributed by atoms with Crippen LogP contribution in [0.3, 0.4) is 0 Å². The fourth-order valence-electron chi connectivity index (χ4n) is 1.27. The molecule has 2 atom stereocenters. The van der Waals surface area contributed by atoms with Crippen LogP contribution in [0.5, 0.6) is 0 Å². The summed E-state index contributed by atoms with van der Waals surface area (Å²) in [5.74, 6) is 0.769. The third-order valence-electron chi connectivity index (χ3n) is 2.01. The molecule has 0 aromatic rings. The van der Waals surface area contributed by atoms with E-state index in [2.05, 4.69) is 6.92 Å². The number of halogens is 1. The van der Waals surface area contributed by atoms with Crippen molar-refractivity contribution in [2.45, 2.75) is 38.0 Å². The second-order valence-electron chi connectivity index (χ2n) is 2.78. The van der Waals surface area contributed by atoms with Crippen LogP contribution in [0.15, 0.2) is 0 Å². The summed E-state index contributed by atoms with van der Waals surface area (Å²) in [5, 5.41) is 0.476. The average molecular weight is 133 g/mol. The van der Waals surface area contributed by atoms with Gasteiger partial charge in [0, 0.05) is 5.38 Å². The number of rotatable bonds is 0. The molecule has 0 radical (unpaired) electrons. The van der Waals surface area contributed by atoms with Crippen LogP contribution in [0.4, 0.5) is 0 Å². The van der Waals surface area contributed by atoms with Crippen LogP contribution in [0.1, 0.15) is 32.6 Å². The summed E-state index contributed by atoms with van der Waals surface area (Å²) >= 11 is 5.97. The molecule has 1 saturated carbocycles. The van der Waals surface area contributed by atoms with Gasteiger partial charge in [0.25, 0.3) is 0 Å². The van der Waals surface area contributed by atoms with Gasteiger partial charge in [-0.05, 0) is 18.8 Å². The lowest BCUT2D eigenvalue weighted by Crippen LogP contribution is -2.15. The molecule has 0 nitrogen and oxygen atoms in total. The van der Waals surface area contributed by atoms with E-state index < -0.39 is 0 Å². The largest absolute Gasteiger partial charge is 0.123 e. The Morgan fingerprint density at radius 3 is 2.25 bits per heavy atom. The maximum Gasteiger partial charge on any atom is 0.0361 e. The first-order valence-electron chi connectivity index (χ1n) is 3.45. The molecule has 48 valence electrons. The zero-order valence-electron chi connectivity index (χ0n) is 5.36. The Morgan fingerprint density at radius 1 is 1.25 bits per heavy atom. The fraction of sp³-hybridized carbons (Fsp3) is 1.00. The highest BCUT2D eigenvalue weighted by atomic mass is 35.5. The molecule has 1 fully saturated rings. The number of alkyl halides is 1. The Balaban J connectivity index is 2.28. The van der Waals surface area contributed by atoms with Crippen molar-refractivity contribution >= 4 is 11.6 Å². The van der Waals surface area contributed by atoms with Crippen LogP contribution in [-0.2, 0) is 0 Å². The SMILES string of the molecule is C[C@@H]1CCCC[C@H]1Cl. The van der Waals surface area contributed by atoms with Gasteiger partial charge in [-0.15, -0.1) is 11.6 Å². The molecule has 0 amide bonds. The molecule has 0 bridgehead atoms. The second kappa shape index (κ2) is 2.72. The van der Waals surface area contributed by atoms with Gasteiger partial charge in [-0.2, -0.15) is 0 Å². The van der Waals surface area contributed by atoms with E-state index >= 15 is 0 Å². The summed E-state index contributed by atoms with van der Waals surface area (Å²) in [7, 11) is 0. The minimum Gasteiger partial charge on any atom is -0.123 e. The summed E-state index contributed by atoms with van der Waals surface area (Å²) in [5.41, 5.74) is 0. The molecule has 1 rings (SSSR count). The highest BCUT2D eigenvalue weighted by molar-refractivity contribution is 6.20. The van der Waals surface area contributed by atoms with E-state index in [0.717, 1.165) is 5.92 Å². The zero-order valence-corrected chi connectivity index (χ0v) is 6.12. The van der Waals surface area contributed by atoms with Crippen molar-refractivity contribution < 1.29 is 0 Å². The minimum atomic E-state index is 0.476. The predicted octanol–water partition coefficient (Wildman–Crippen LogP) is 2.80. The quantitative estimate of drug-likeness (QED) is 0.445. The first kappa shape index (κ1) is 6.41. The lowest BCUT2D eigenvalue weighted by Gasteiger charge is -2.22. The molecular weight excluding hydrogens is 120 g/mol. The molecule has 0 aliphatic heterocycles. The molecule has 1 aliphatic rings. The molecule has 0 spiro atoms.